The van der Waals surface area contributed by atoms with Gasteiger partial charge >= 0.3 is 0 Å². The van der Waals surface area contributed by atoms with Gasteiger partial charge in [0, 0.05) is 94.0 Å². The van der Waals surface area contributed by atoms with Crippen LogP contribution in [0.15, 0.2) is 0 Å². The molecule has 0 aromatic carbocycles. The molecule has 3 unspecified atom stereocenters. The van der Waals surface area contributed by atoms with Gasteiger partial charge in [-0.3, -0.25) is 9.80 Å². The van der Waals surface area contributed by atoms with Gasteiger partial charge in [0.05, 0.1) is 26.4 Å². The van der Waals surface area contributed by atoms with Gasteiger partial charge in [-0.2, -0.15) is 0 Å². The number of nitrogens with zero attached hydrogens (tertiary/aromatic N) is 2. The van der Waals surface area contributed by atoms with Crippen molar-refractivity contribution in [1.82, 2.24) is 9.80 Å². The van der Waals surface area contributed by atoms with Gasteiger partial charge in [-0.15, -0.1) is 0 Å². The summed E-state index contributed by atoms with van der Waals surface area (Å²) in [4.78, 5) is 42.1. The van der Waals surface area contributed by atoms with Gasteiger partial charge in [0.15, 0.2) is 54.5 Å². The highest BCUT2D eigenvalue weighted by Gasteiger charge is 2.72. The van der Waals surface area contributed by atoms with E-state index < -0.39 is 71.9 Å². The van der Waals surface area contributed by atoms with E-state index >= 15 is 0 Å². The first-order valence-corrected chi connectivity index (χ1v) is 29.0. The van der Waals surface area contributed by atoms with Gasteiger partial charge in [0.1, 0.15) is 0 Å². The highest BCUT2D eigenvalue weighted by atomic mass is 17.3. The van der Waals surface area contributed by atoms with Crippen molar-refractivity contribution in [2.24, 2.45) is 71.0 Å². The summed E-state index contributed by atoms with van der Waals surface area (Å²) in [5.74, 6) is 0.564. The molecule has 15 rings (SSSR count). The third kappa shape index (κ3) is 8.88. The van der Waals surface area contributed by atoms with Crippen LogP contribution in [-0.2, 0) is 72.0 Å². The third-order valence-electron chi connectivity index (χ3n) is 21.5. The van der Waals surface area contributed by atoms with Crippen LogP contribution in [-0.4, -0.2) is 153 Å². The summed E-state index contributed by atoms with van der Waals surface area (Å²) >= 11 is 0. The number of hydrogen-bond donors (Lipinski definition) is 1. The van der Waals surface area contributed by atoms with Crippen LogP contribution in [0.25, 0.3) is 0 Å². The molecular weight excluding hydrogens is 945 g/mol. The Morgan fingerprint density at radius 2 is 0.712 bits per heavy atom. The molecule has 3 aliphatic carbocycles. The molecule has 24 atom stereocenters. The van der Waals surface area contributed by atoms with Gasteiger partial charge in [-0.05, 0) is 114 Å². The van der Waals surface area contributed by atoms with Crippen molar-refractivity contribution in [1.29, 1.82) is 0 Å². The number of rotatable bonds is 17. The Morgan fingerprint density at radius 1 is 0.397 bits per heavy atom. The van der Waals surface area contributed by atoms with Crippen molar-refractivity contribution in [3.05, 3.63) is 0 Å². The minimum atomic E-state index is -0.850. The quantitative estimate of drug-likeness (QED) is 0.145. The largest absolute Gasteiger partial charge is 0.395 e. The zero-order chi connectivity index (χ0) is 50.7. The maximum Gasteiger partial charge on any atom is 0.201 e. The smallest absolute Gasteiger partial charge is 0.201 e. The van der Waals surface area contributed by atoms with E-state index in [2.05, 4.69) is 51.3 Å². The lowest BCUT2D eigenvalue weighted by Crippen LogP contribution is -2.70. The molecule has 0 aromatic rings. The third-order valence-corrected chi connectivity index (χ3v) is 21.5. The van der Waals surface area contributed by atoms with E-state index in [1.165, 1.54) is 0 Å². The Hall–Kier alpha value is -0.720. The molecule has 416 valence electrons. The van der Waals surface area contributed by atoms with Crippen LogP contribution in [0.3, 0.4) is 0 Å². The van der Waals surface area contributed by atoms with E-state index in [-0.39, 0.29) is 54.0 Å². The second-order valence-corrected chi connectivity index (χ2v) is 25.8. The van der Waals surface area contributed by atoms with Gasteiger partial charge in [-0.25, -0.2) is 29.3 Å². The number of hydrogen-bond acceptors (Lipinski definition) is 18. The van der Waals surface area contributed by atoms with Crippen LogP contribution in [0.1, 0.15) is 139 Å². The minimum absolute atomic E-state index is 0.0328. The first-order chi connectivity index (χ1) is 35.0. The number of ether oxygens (including phenoxy) is 9. The fourth-order valence-electron chi connectivity index (χ4n) is 17.2. The van der Waals surface area contributed by atoms with Crippen LogP contribution >= 0.6 is 0 Å². The lowest BCUT2D eigenvalue weighted by molar-refractivity contribution is -0.577. The maximum absolute atomic E-state index is 10.4. The minimum Gasteiger partial charge on any atom is -0.395 e. The van der Waals surface area contributed by atoms with E-state index in [0.717, 1.165) is 77.0 Å². The summed E-state index contributed by atoms with van der Waals surface area (Å²) in [5.41, 5.74) is -1.92. The average molecular weight is 1040 g/mol. The molecule has 73 heavy (non-hydrogen) atoms. The monoisotopic (exact) mass is 1030 g/mol. The predicted molar refractivity (Wildman–Crippen MR) is 258 cm³/mol. The van der Waals surface area contributed by atoms with E-state index in [1.807, 2.05) is 20.8 Å². The number of fused-ring (bicyclic) bond motifs is 6. The van der Waals surface area contributed by atoms with Gasteiger partial charge in [0.25, 0.3) is 0 Å². The van der Waals surface area contributed by atoms with Gasteiger partial charge in [0.2, 0.25) is 17.4 Å². The number of aliphatic hydroxyl groups is 1. The molecule has 0 aromatic heterocycles. The van der Waals surface area contributed by atoms with Crippen molar-refractivity contribution in [3.8, 4) is 0 Å². The molecule has 15 fully saturated rings. The first kappa shape index (κ1) is 53.0. The molecule has 6 bridgehead atoms. The topological polar surface area (TPSA) is 165 Å². The van der Waals surface area contributed by atoms with Crippen LogP contribution in [0.5, 0.6) is 0 Å². The van der Waals surface area contributed by atoms with Crippen LogP contribution in [0.4, 0.5) is 0 Å². The first-order valence-electron chi connectivity index (χ1n) is 29.0. The van der Waals surface area contributed by atoms with Crippen molar-refractivity contribution >= 4 is 0 Å². The molecule has 12 saturated heterocycles. The second-order valence-electron chi connectivity index (χ2n) is 25.8. The highest BCUT2D eigenvalue weighted by Crippen LogP contribution is 2.64. The normalized spacial score (nSPS) is 53.6. The SMILES string of the molecule is C[C@@H]1CC[C@H]2[C@@H](C)C(OCCN(CCO)CCN(CCOC3O[C@@H]4O[C@@]5(C)CC[C@H]6[C@H](C)CC[C@@H]([C@H]3C)[C@@]46OO5)CCOC3O[C@@H]4O[C@@]5(C)CC[C@H]6[C@H](C)CC[C@@H]([C@H]3C)[C@@]46OO5)O[C@@H]3O[C@@]4(C)CC[C@@H]1[C@]32OO4. The van der Waals surface area contributed by atoms with Crippen LogP contribution < -0.4 is 0 Å². The average Bonchev–Trinajstić information content (AvgIpc) is 3.85. The fourth-order valence-corrected chi connectivity index (χ4v) is 17.2. The summed E-state index contributed by atoms with van der Waals surface area (Å²) in [6, 6.07) is 0. The molecule has 0 radical (unpaired) electrons. The zero-order valence-corrected chi connectivity index (χ0v) is 45.4. The fraction of sp³-hybridized carbons (Fsp3) is 1.00. The van der Waals surface area contributed by atoms with Gasteiger partial charge < -0.3 is 47.7 Å². The van der Waals surface area contributed by atoms with E-state index in [9.17, 15) is 5.11 Å². The van der Waals surface area contributed by atoms with E-state index in [1.54, 1.807) is 0 Å². The molecule has 18 heteroatoms. The molecule has 18 nitrogen and oxygen atoms in total. The summed E-state index contributed by atoms with van der Waals surface area (Å²) in [6.07, 6.45) is 8.63. The molecule has 1 N–H and O–H groups in total. The maximum atomic E-state index is 10.4. The Morgan fingerprint density at radius 3 is 1.03 bits per heavy atom. The Labute approximate surface area is 433 Å². The molecular formula is C55H90N2O16. The molecule has 3 spiro atoms. The number of aliphatic hydroxyl groups excluding tert-OH is 1. The molecule has 0 amide bonds. The lowest BCUT2D eigenvalue weighted by Gasteiger charge is -2.60. The standard InChI is InChI=1S/C55H90N2O16/c1-32-10-13-41-35(4)44(62-47-53(41)38(32)16-19-50(7,65-47)68-71-53)59-29-25-56(24-28-58)22-23-57(26-30-60-45-36(5)42-14-11-33(2)39-17-20-51(8)66-48(63-45)54(39,42)72-69-51)27-31-61-46-37(6)43-15-12-34(3)40-18-21-52(9)67-49(64-46)55(40,43)73-70-52/h32-49,58H,10-31H2,1-9H3/t32-,33-,34-,35-,36-,37-,38+,39+,40+,41+,42+,43+,44?,45?,46?,47-,48-,49-,50-,51-,52-,53-,54-,55-/m1/s1. The van der Waals surface area contributed by atoms with Crippen LogP contribution in [0, 0.1) is 71.0 Å². The lowest BCUT2D eigenvalue weighted by atomic mass is 9.58. The predicted octanol–water partition coefficient (Wildman–Crippen LogP) is 7.26. The Balaban J connectivity index is 0.707. The molecule has 12 aliphatic heterocycles. The highest BCUT2D eigenvalue weighted by molar-refractivity contribution is 5.12. The summed E-state index contributed by atoms with van der Waals surface area (Å²) in [7, 11) is 0. The zero-order valence-electron chi connectivity index (χ0n) is 45.4. The molecule has 3 saturated carbocycles. The Kier molecular flexibility index (Phi) is 14.6. The molecule has 12 heterocycles. The van der Waals surface area contributed by atoms with Crippen LogP contribution in [0.2, 0.25) is 0 Å². The van der Waals surface area contributed by atoms with Gasteiger partial charge in [-0.1, -0.05) is 41.5 Å². The van der Waals surface area contributed by atoms with Crippen molar-refractivity contribution in [3.63, 3.8) is 0 Å². The molecule has 15 aliphatic rings. The van der Waals surface area contributed by atoms with Crippen molar-refractivity contribution in [2.75, 3.05) is 65.7 Å². The van der Waals surface area contributed by atoms with Crippen molar-refractivity contribution in [2.45, 2.75) is 211 Å². The summed E-state index contributed by atoms with van der Waals surface area (Å²) in [5, 5.41) is 10.4. The Bertz CT molecular complexity index is 1860. The summed E-state index contributed by atoms with van der Waals surface area (Å²) < 4.78 is 60.5. The van der Waals surface area contributed by atoms with E-state index in [0.29, 0.717) is 82.8 Å². The second kappa shape index (κ2) is 20.1. The van der Waals surface area contributed by atoms with E-state index in [4.69, 9.17) is 72.0 Å². The van der Waals surface area contributed by atoms with Crippen molar-refractivity contribution < 1.29 is 77.1 Å². The summed E-state index contributed by atoms with van der Waals surface area (Å²) in [6.45, 7) is 24.8.